The van der Waals surface area contributed by atoms with Gasteiger partial charge in [0.15, 0.2) is 0 Å². The molecule has 0 atom stereocenters. The first-order valence-corrected chi connectivity index (χ1v) is 17.0. The Morgan fingerprint density at radius 2 is 0.809 bits per heavy atom. The van der Waals surface area contributed by atoms with Crippen molar-refractivity contribution in [2.24, 2.45) is 0 Å². The second-order valence-corrected chi connectivity index (χ2v) is 13.4. The van der Waals surface area contributed by atoms with Crippen LogP contribution in [0.2, 0.25) is 0 Å². The molecule has 0 aliphatic rings. The van der Waals surface area contributed by atoms with Crippen LogP contribution in [0.15, 0.2) is 170 Å². The smallest absolute Gasteiger partial charge is 0.0434 e. The molecule has 0 nitrogen and oxygen atoms in total. The molecule has 10 aromatic rings. The van der Waals surface area contributed by atoms with E-state index in [0.717, 1.165) is 0 Å². The molecule has 0 saturated carbocycles. The number of hydrogen-bond acceptors (Lipinski definition) is 1. The molecule has 0 spiro atoms. The molecule has 0 unspecified atom stereocenters. The summed E-state index contributed by atoms with van der Waals surface area (Å²) in [4.78, 5) is 0. The topological polar surface area (TPSA) is 0 Å². The van der Waals surface area contributed by atoms with E-state index in [0.29, 0.717) is 0 Å². The van der Waals surface area contributed by atoms with Crippen LogP contribution in [0.4, 0.5) is 0 Å². The Bertz CT molecular complexity index is 2760. The Morgan fingerprint density at radius 3 is 1.45 bits per heavy atom. The lowest BCUT2D eigenvalue weighted by Gasteiger charge is -2.18. The van der Waals surface area contributed by atoms with Gasteiger partial charge in [0.25, 0.3) is 0 Å². The summed E-state index contributed by atoms with van der Waals surface area (Å²) < 4.78 is 2.70. The van der Waals surface area contributed by atoms with Crippen LogP contribution in [0.1, 0.15) is 0 Å². The number of benzene rings is 9. The lowest BCUT2D eigenvalue weighted by atomic mass is 9.85. The zero-order valence-corrected chi connectivity index (χ0v) is 26.4. The van der Waals surface area contributed by atoms with Gasteiger partial charge in [-0.15, -0.1) is 11.3 Å². The molecule has 0 aliphatic carbocycles. The minimum absolute atomic E-state index is 1.24. The summed E-state index contributed by atoms with van der Waals surface area (Å²) in [6.45, 7) is 0. The maximum absolute atomic E-state index is 2.42. The number of fused-ring (bicyclic) bond motifs is 9. The molecule has 0 saturated heterocycles. The summed E-state index contributed by atoms with van der Waals surface area (Å²) in [5, 5.41) is 13.1. The van der Waals surface area contributed by atoms with Gasteiger partial charge in [0.05, 0.1) is 0 Å². The highest BCUT2D eigenvalue weighted by Crippen LogP contribution is 2.46. The quantitative estimate of drug-likeness (QED) is 0.174. The normalized spacial score (nSPS) is 11.8. The van der Waals surface area contributed by atoms with Crippen LogP contribution in [-0.2, 0) is 0 Å². The Hall–Kier alpha value is -5.76. The summed E-state index contributed by atoms with van der Waals surface area (Å²) >= 11 is 1.92. The van der Waals surface area contributed by atoms with Gasteiger partial charge in [0.2, 0.25) is 0 Å². The molecule has 1 aromatic heterocycles. The Morgan fingerprint density at radius 1 is 0.319 bits per heavy atom. The molecule has 0 N–H and O–H groups in total. The monoisotopic (exact) mass is 612 g/mol. The van der Waals surface area contributed by atoms with Gasteiger partial charge < -0.3 is 0 Å². The molecule has 10 rings (SSSR count). The fourth-order valence-electron chi connectivity index (χ4n) is 7.78. The van der Waals surface area contributed by atoms with Crippen molar-refractivity contribution >= 4 is 74.6 Å². The molecule has 9 aromatic carbocycles. The molecule has 0 fully saturated rings. The Labute approximate surface area is 276 Å². The highest BCUT2D eigenvalue weighted by molar-refractivity contribution is 7.27. The second-order valence-electron chi connectivity index (χ2n) is 12.4. The van der Waals surface area contributed by atoms with Crippen molar-refractivity contribution in [3.63, 3.8) is 0 Å². The maximum atomic E-state index is 2.42. The van der Waals surface area contributed by atoms with Crippen LogP contribution in [0.5, 0.6) is 0 Å². The zero-order chi connectivity index (χ0) is 30.9. The summed E-state index contributed by atoms with van der Waals surface area (Å²) in [7, 11) is 0. The average Bonchev–Trinajstić information content (AvgIpc) is 3.53. The standard InChI is InChI=1S/C46H28S/c1-2-13-31(14-3-1)43-36-18-8-10-20-38(36)44(39-21-11-9-19-37(39)43)32-24-22-30(23-25-32)41-28-42-45(35-17-7-6-16-34(35)41)40-27-26-29-12-4-5-15-33(29)46(40)47-42/h1-28H. The lowest BCUT2D eigenvalue weighted by molar-refractivity contribution is 1.64. The molecule has 0 radical (unpaired) electrons. The molecule has 0 aliphatic heterocycles. The molecular formula is C46H28S. The molecule has 1 heterocycles. The SMILES string of the molecule is c1ccc(-c2c3ccccc3c(-c3ccc(-c4cc5sc6c7ccccc7ccc6c5c5ccccc45)cc3)c3ccccc23)cc1. The third-order valence-electron chi connectivity index (χ3n) is 9.85. The number of rotatable bonds is 3. The molecule has 1 heteroatoms. The predicted molar refractivity (Wildman–Crippen MR) is 206 cm³/mol. The van der Waals surface area contributed by atoms with Gasteiger partial charge in [-0.1, -0.05) is 164 Å². The van der Waals surface area contributed by atoms with Crippen molar-refractivity contribution in [1.82, 2.24) is 0 Å². The Balaban J connectivity index is 1.19. The van der Waals surface area contributed by atoms with Gasteiger partial charge in [-0.05, 0) is 82.5 Å². The van der Waals surface area contributed by atoms with E-state index in [-0.39, 0.29) is 0 Å². The van der Waals surface area contributed by atoms with Crippen molar-refractivity contribution in [3.05, 3.63) is 170 Å². The van der Waals surface area contributed by atoms with E-state index >= 15 is 0 Å². The summed E-state index contributed by atoms with van der Waals surface area (Å²) in [5.41, 5.74) is 7.60. The van der Waals surface area contributed by atoms with E-state index in [1.807, 2.05) is 11.3 Å². The summed E-state index contributed by atoms with van der Waals surface area (Å²) in [5.74, 6) is 0. The fraction of sp³-hybridized carbons (Fsp3) is 0. The first-order chi connectivity index (χ1) is 23.3. The van der Waals surface area contributed by atoms with Crippen molar-refractivity contribution < 1.29 is 0 Å². The van der Waals surface area contributed by atoms with Crippen molar-refractivity contribution in [2.45, 2.75) is 0 Å². The lowest BCUT2D eigenvalue weighted by Crippen LogP contribution is -1.91. The second kappa shape index (κ2) is 10.4. The first-order valence-electron chi connectivity index (χ1n) is 16.2. The molecule has 218 valence electrons. The molecular weight excluding hydrogens is 585 g/mol. The van der Waals surface area contributed by atoms with Crippen LogP contribution in [0.3, 0.4) is 0 Å². The van der Waals surface area contributed by atoms with Crippen LogP contribution in [0.25, 0.3) is 96.6 Å². The van der Waals surface area contributed by atoms with Gasteiger partial charge in [0, 0.05) is 20.2 Å². The van der Waals surface area contributed by atoms with Gasteiger partial charge in [0.1, 0.15) is 0 Å². The minimum Gasteiger partial charge on any atom is -0.134 e. The molecule has 47 heavy (non-hydrogen) atoms. The van der Waals surface area contributed by atoms with E-state index in [1.54, 1.807) is 0 Å². The van der Waals surface area contributed by atoms with Gasteiger partial charge in [-0.25, -0.2) is 0 Å². The summed E-state index contributed by atoms with van der Waals surface area (Å²) in [6.07, 6.45) is 0. The van der Waals surface area contributed by atoms with E-state index < -0.39 is 0 Å². The number of hydrogen-bond donors (Lipinski definition) is 0. The van der Waals surface area contributed by atoms with Gasteiger partial charge in [-0.3, -0.25) is 0 Å². The van der Waals surface area contributed by atoms with E-state index in [9.17, 15) is 0 Å². The average molecular weight is 613 g/mol. The van der Waals surface area contributed by atoms with Gasteiger partial charge >= 0.3 is 0 Å². The Kier molecular flexibility index (Phi) is 5.85. The largest absolute Gasteiger partial charge is 0.134 e. The van der Waals surface area contributed by atoms with Crippen molar-refractivity contribution in [2.75, 3.05) is 0 Å². The van der Waals surface area contributed by atoms with Crippen molar-refractivity contribution in [1.29, 1.82) is 0 Å². The summed E-state index contributed by atoms with van der Waals surface area (Å²) in [6, 6.07) is 62.5. The third kappa shape index (κ3) is 4.00. The zero-order valence-electron chi connectivity index (χ0n) is 25.6. The first kappa shape index (κ1) is 26.5. The predicted octanol–water partition coefficient (Wildman–Crippen LogP) is 13.7. The highest BCUT2D eigenvalue weighted by atomic mass is 32.1. The van der Waals surface area contributed by atoms with Crippen LogP contribution >= 0.6 is 11.3 Å². The van der Waals surface area contributed by atoms with E-state index in [1.165, 1.54) is 96.6 Å². The third-order valence-corrected chi connectivity index (χ3v) is 11.0. The van der Waals surface area contributed by atoms with Crippen LogP contribution < -0.4 is 0 Å². The highest BCUT2D eigenvalue weighted by Gasteiger charge is 2.18. The van der Waals surface area contributed by atoms with Crippen LogP contribution in [-0.4, -0.2) is 0 Å². The fourth-order valence-corrected chi connectivity index (χ4v) is 9.07. The molecule has 0 bridgehead atoms. The molecule has 0 amide bonds. The van der Waals surface area contributed by atoms with Crippen molar-refractivity contribution in [3.8, 4) is 33.4 Å². The van der Waals surface area contributed by atoms with Crippen LogP contribution in [0, 0.1) is 0 Å². The van der Waals surface area contributed by atoms with E-state index in [4.69, 9.17) is 0 Å². The van der Waals surface area contributed by atoms with E-state index in [2.05, 4.69) is 170 Å². The maximum Gasteiger partial charge on any atom is 0.0434 e. The minimum atomic E-state index is 1.24. The number of thiophene rings is 1. The van der Waals surface area contributed by atoms with Gasteiger partial charge in [-0.2, -0.15) is 0 Å².